The molecule has 1 aliphatic heterocycles. The van der Waals surface area contributed by atoms with E-state index in [9.17, 15) is 4.79 Å². The lowest BCUT2D eigenvalue weighted by Gasteiger charge is -2.24. The van der Waals surface area contributed by atoms with Gasteiger partial charge < -0.3 is 16.0 Å². The molecule has 150 valence electrons. The second-order valence-electron chi connectivity index (χ2n) is 7.03. The van der Waals surface area contributed by atoms with E-state index in [4.69, 9.17) is 4.99 Å². The number of halogens is 1. The number of benzene rings is 1. The molecule has 1 saturated heterocycles. The van der Waals surface area contributed by atoms with Crippen molar-refractivity contribution in [1.82, 2.24) is 10.6 Å². The number of carbonyl (C=O) groups is 1. The van der Waals surface area contributed by atoms with Crippen LogP contribution in [-0.2, 0) is 11.3 Å². The summed E-state index contributed by atoms with van der Waals surface area (Å²) in [6.45, 7) is 4.49. The van der Waals surface area contributed by atoms with E-state index in [0.717, 1.165) is 43.1 Å². The fourth-order valence-electron chi connectivity index (χ4n) is 3.19. The summed E-state index contributed by atoms with van der Waals surface area (Å²) in [5, 5.41) is 10.5. The molecule has 5 nitrogen and oxygen atoms in total. The molecule has 3 rings (SSSR count). The molecular formula is C20H31IN4OS. The van der Waals surface area contributed by atoms with Crippen LogP contribution < -0.4 is 16.0 Å². The van der Waals surface area contributed by atoms with Crippen LogP contribution in [0.15, 0.2) is 29.3 Å². The molecule has 3 N–H and O–H groups in total. The van der Waals surface area contributed by atoms with Gasteiger partial charge in [-0.3, -0.25) is 4.79 Å². The van der Waals surface area contributed by atoms with Crippen molar-refractivity contribution >= 4 is 53.3 Å². The number of amides is 1. The van der Waals surface area contributed by atoms with Crippen molar-refractivity contribution in [1.29, 1.82) is 0 Å². The minimum Gasteiger partial charge on any atom is -0.357 e. The van der Waals surface area contributed by atoms with Crippen LogP contribution in [0.1, 0.15) is 44.6 Å². The molecular weight excluding hydrogens is 471 g/mol. The number of nitrogens with zero attached hydrogens (tertiary/aromatic N) is 1. The third kappa shape index (κ3) is 7.18. The number of anilines is 1. The zero-order chi connectivity index (χ0) is 18.2. The first-order valence-corrected chi connectivity index (χ1v) is 10.8. The maximum Gasteiger partial charge on any atom is 0.227 e. The Morgan fingerprint density at radius 3 is 2.74 bits per heavy atom. The summed E-state index contributed by atoms with van der Waals surface area (Å²) < 4.78 is 0. The lowest BCUT2D eigenvalue weighted by atomic mass is 9.85. The van der Waals surface area contributed by atoms with Gasteiger partial charge in [-0.1, -0.05) is 18.6 Å². The monoisotopic (exact) mass is 502 g/mol. The first-order chi connectivity index (χ1) is 12.7. The average molecular weight is 502 g/mol. The molecule has 1 unspecified atom stereocenters. The van der Waals surface area contributed by atoms with Crippen molar-refractivity contribution in [3.05, 3.63) is 29.8 Å². The molecule has 0 bridgehead atoms. The van der Waals surface area contributed by atoms with Crippen LogP contribution in [0.5, 0.6) is 0 Å². The fraction of sp³-hybridized carbons (Fsp3) is 0.600. The molecule has 1 aromatic carbocycles. The molecule has 7 heteroatoms. The van der Waals surface area contributed by atoms with E-state index in [-0.39, 0.29) is 35.8 Å². The fourth-order valence-corrected chi connectivity index (χ4v) is 4.39. The lowest BCUT2D eigenvalue weighted by molar-refractivity contribution is -0.122. The highest BCUT2D eigenvalue weighted by Gasteiger charge is 2.25. The standard InChI is InChI=1S/C20H30N4OS.HI/c1-2-21-20(23-14-18-10-5-11-26-18)22-13-15-6-3-9-17(12-15)24-19(25)16-7-4-8-16;/h3,6,9,12,16,18H,2,4-5,7-8,10-11,13-14H2,1H3,(H,24,25)(H2,21,22,23);1H. The normalized spacial score (nSPS) is 19.7. The Hall–Kier alpha value is -0.960. The Labute approximate surface area is 184 Å². The van der Waals surface area contributed by atoms with Gasteiger partial charge in [-0.05, 0) is 56.1 Å². The largest absolute Gasteiger partial charge is 0.357 e. The van der Waals surface area contributed by atoms with Gasteiger partial charge in [-0.15, -0.1) is 24.0 Å². The minimum atomic E-state index is 0. The highest BCUT2D eigenvalue weighted by Crippen LogP contribution is 2.27. The Bertz CT molecular complexity index is 630. The zero-order valence-corrected chi connectivity index (χ0v) is 19.1. The second kappa shape index (κ2) is 11.8. The summed E-state index contributed by atoms with van der Waals surface area (Å²) in [7, 11) is 0. The third-order valence-corrected chi connectivity index (χ3v) is 6.35. The maximum atomic E-state index is 12.1. The summed E-state index contributed by atoms with van der Waals surface area (Å²) in [5.41, 5.74) is 1.97. The number of aliphatic imine (C=N–C) groups is 1. The van der Waals surface area contributed by atoms with Gasteiger partial charge in [0, 0.05) is 29.9 Å². The van der Waals surface area contributed by atoms with E-state index in [1.165, 1.54) is 25.0 Å². The van der Waals surface area contributed by atoms with Crippen LogP contribution in [0, 0.1) is 5.92 Å². The predicted molar refractivity (Wildman–Crippen MR) is 126 cm³/mol. The van der Waals surface area contributed by atoms with Crippen LogP contribution in [0.3, 0.4) is 0 Å². The maximum absolute atomic E-state index is 12.1. The molecule has 1 saturated carbocycles. The average Bonchev–Trinajstić information content (AvgIpc) is 3.09. The molecule has 0 aromatic heterocycles. The van der Waals surface area contributed by atoms with Gasteiger partial charge in [-0.25, -0.2) is 4.99 Å². The van der Waals surface area contributed by atoms with Crippen LogP contribution in [0.4, 0.5) is 5.69 Å². The zero-order valence-electron chi connectivity index (χ0n) is 16.0. The van der Waals surface area contributed by atoms with E-state index in [2.05, 4.69) is 28.9 Å². The third-order valence-electron chi connectivity index (χ3n) is 4.96. The predicted octanol–water partition coefficient (Wildman–Crippen LogP) is 3.99. The summed E-state index contributed by atoms with van der Waals surface area (Å²) in [6.07, 6.45) is 5.83. The van der Waals surface area contributed by atoms with Crippen LogP contribution in [-0.4, -0.2) is 36.0 Å². The Morgan fingerprint density at radius 1 is 1.22 bits per heavy atom. The molecule has 0 radical (unpaired) electrons. The van der Waals surface area contributed by atoms with Crippen molar-refractivity contribution in [3.8, 4) is 0 Å². The number of carbonyl (C=O) groups excluding carboxylic acids is 1. The lowest BCUT2D eigenvalue weighted by Crippen LogP contribution is -2.40. The van der Waals surface area contributed by atoms with Gasteiger partial charge in [-0.2, -0.15) is 11.8 Å². The summed E-state index contributed by atoms with van der Waals surface area (Å²) in [5.74, 6) is 2.50. The number of hydrogen-bond donors (Lipinski definition) is 3. The smallest absolute Gasteiger partial charge is 0.227 e. The highest BCUT2D eigenvalue weighted by molar-refractivity contribution is 14.0. The molecule has 1 atom stereocenters. The van der Waals surface area contributed by atoms with Crippen molar-refractivity contribution in [3.63, 3.8) is 0 Å². The molecule has 1 aliphatic carbocycles. The molecule has 2 aliphatic rings. The molecule has 1 aromatic rings. The van der Waals surface area contributed by atoms with Gasteiger partial charge in [0.1, 0.15) is 0 Å². The van der Waals surface area contributed by atoms with E-state index in [0.29, 0.717) is 11.8 Å². The van der Waals surface area contributed by atoms with Gasteiger partial charge >= 0.3 is 0 Å². The summed E-state index contributed by atoms with van der Waals surface area (Å²) in [6, 6.07) is 8.01. The van der Waals surface area contributed by atoms with Crippen LogP contribution in [0.2, 0.25) is 0 Å². The van der Waals surface area contributed by atoms with Crippen molar-refractivity contribution < 1.29 is 4.79 Å². The van der Waals surface area contributed by atoms with E-state index < -0.39 is 0 Å². The minimum absolute atomic E-state index is 0. The number of rotatable bonds is 7. The summed E-state index contributed by atoms with van der Waals surface area (Å²) >= 11 is 2.05. The Kier molecular flexibility index (Phi) is 9.75. The van der Waals surface area contributed by atoms with Gasteiger partial charge in [0.15, 0.2) is 5.96 Å². The van der Waals surface area contributed by atoms with Gasteiger partial charge in [0.25, 0.3) is 0 Å². The van der Waals surface area contributed by atoms with Crippen molar-refractivity contribution in [2.45, 2.75) is 50.8 Å². The number of nitrogens with one attached hydrogen (secondary N) is 3. The number of thioether (sulfide) groups is 1. The molecule has 27 heavy (non-hydrogen) atoms. The van der Waals surface area contributed by atoms with E-state index in [1.54, 1.807) is 0 Å². The summed E-state index contributed by atoms with van der Waals surface area (Å²) in [4.78, 5) is 16.8. The van der Waals surface area contributed by atoms with Gasteiger partial charge in [0.05, 0.1) is 6.54 Å². The molecule has 1 amide bonds. The molecule has 2 fully saturated rings. The van der Waals surface area contributed by atoms with E-state index in [1.807, 2.05) is 30.0 Å². The highest BCUT2D eigenvalue weighted by atomic mass is 127. The number of guanidine groups is 1. The van der Waals surface area contributed by atoms with Crippen molar-refractivity contribution in [2.24, 2.45) is 10.9 Å². The Balaban J connectivity index is 0.00000261. The van der Waals surface area contributed by atoms with E-state index >= 15 is 0 Å². The molecule has 1 heterocycles. The molecule has 0 spiro atoms. The first-order valence-electron chi connectivity index (χ1n) is 9.78. The van der Waals surface area contributed by atoms with Crippen LogP contribution >= 0.6 is 35.7 Å². The Morgan fingerprint density at radius 2 is 2.07 bits per heavy atom. The quantitative estimate of drug-likeness (QED) is 0.300. The first kappa shape index (κ1) is 22.3. The van der Waals surface area contributed by atoms with Crippen LogP contribution in [0.25, 0.3) is 0 Å². The number of hydrogen-bond acceptors (Lipinski definition) is 3. The SMILES string of the molecule is CCNC(=NCc1cccc(NC(=O)C2CCC2)c1)NCC1CCCS1.I. The van der Waals surface area contributed by atoms with Gasteiger partial charge in [0.2, 0.25) is 5.91 Å². The topological polar surface area (TPSA) is 65.5 Å². The second-order valence-corrected chi connectivity index (χ2v) is 8.44. The van der Waals surface area contributed by atoms with Crippen molar-refractivity contribution in [2.75, 3.05) is 24.2 Å².